The van der Waals surface area contributed by atoms with Crippen LogP contribution in [-0.2, 0) is 32.7 Å². The number of ether oxygens (including phenoxy) is 1. The Morgan fingerprint density at radius 2 is 2.04 bits per heavy atom. The van der Waals surface area contributed by atoms with Gasteiger partial charge in [-0.25, -0.2) is 13.1 Å². The number of carbonyl (C=O) groups excluding carboxylic acids is 1. The predicted molar refractivity (Wildman–Crippen MR) is 95.9 cm³/mol. The second-order valence-corrected chi connectivity index (χ2v) is 7.80. The van der Waals surface area contributed by atoms with E-state index in [4.69, 9.17) is 4.74 Å². The van der Waals surface area contributed by atoms with Gasteiger partial charge in [0, 0.05) is 6.54 Å². The first-order valence-corrected chi connectivity index (χ1v) is 10.1. The highest BCUT2D eigenvalue weighted by atomic mass is 32.2. The van der Waals surface area contributed by atoms with Gasteiger partial charge in [-0.15, -0.1) is 5.10 Å². The molecular formula is C16H23N5O4S. The first-order chi connectivity index (χ1) is 12.3. The molecule has 0 aliphatic rings. The van der Waals surface area contributed by atoms with Crippen molar-refractivity contribution in [2.24, 2.45) is 0 Å². The van der Waals surface area contributed by atoms with E-state index in [0.717, 1.165) is 29.0 Å². The van der Waals surface area contributed by atoms with Gasteiger partial charge in [-0.3, -0.25) is 9.10 Å². The number of unbranched alkanes of at least 4 members (excludes halogenated alkanes) is 1. The lowest BCUT2D eigenvalue weighted by atomic mass is 10.2. The molecule has 0 unspecified atom stereocenters. The van der Waals surface area contributed by atoms with Crippen LogP contribution in [0.2, 0.25) is 0 Å². The molecule has 26 heavy (non-hydrogen) atoms. The van der Waals surface area contributed by atoms with E-state index in [1.807, 2.05) is 0 Å². The molecule has 2 aromatic rings. The van der Waals surface area contributed by atoms with Crippen LogP contribution in [0, 0.1) is 6.92 Å². The average molecular weight is 381 g/mol. The molecule has 0 radical (unpaired) electrons. The zero-order valence-electron chi connectivity index (χ0n) is 15.1. The van der Waals surface area contributed by atoms with E-state index >= 15 is 0 Å². The third kappa shape index (κ3) is 5.25. The van der Waals surface area contributed by atoms with Gasteiger partial charge in [-0.2, -0.15) is 0 Å². The lowest BCUT2D eigenvalue weighted by Crippen LogP contribution is -2.36. The Hall–Kier alpha value is -2.49. The number of carbonyl (C=O) groups is 1. The molecule has 0 aliphatic carbocycles. The topological polar surface area (TPSA) is 107 Å². The van der Waals surface area contributed by atoms with Crippen LogP contribution < -0.4 is 4.31 Å². The number of benzene rings is 1. The van der Waals surface area contributed by atoms with Gasteiger partial charge in [0.05, 0.1) is 11.9 Å². The number of tetrazole rings is 1. The maximum Gasteiger partial charge on any atom is 0.327 e. The van der Waals surface area contributed by atoms with E-state index in [9.17, 15) is 13.2 Å². The molecular weight excluding hydrogens is 358 g/mol. The summed E-state index contributed by atoms with van der Waals surface area (Å²) in [6, 6.07) is 6.94. The van der Waals surface area contributed by atoms with Crippen molar-refractivity contribution in [1.82, 2.24) is 20.2 Å². The van der Waals surface area contributed by atoms with E-state index in [2.05, 4.69) is 22.4 Å². The van der Waals surface area contributed by atoms with Crippen LogP contribution in [0.1, 0.15) is 31.2 Å². The fourth-order valence-electron chi connectivity index (χ4n) is 2.34. The van der Waals surface area contributed by atoms with Gasteiger partial charge in [0.1, 0.15) is 6.54 Å². The zero-order chi connectivity index (χ0) is 19.2. The van der Waals surface area contributed by atoms with Crippen molar-refractivity contribution in [3.05, 3.63) is 35.7 Å². The molecule has 1 aromatic carbocycles. The fraction of sp³-hybridized carbons (Fsp3) is 0.500. The Bertz CT molecular complexity index is 850. The minimum atomic E-state index is -3.64. The van der Waals surface area contributed by atoms with Crippen LogP contribution in [0.3, 0.4) is 0 Å². The highest BCUT2D eigenvalue weighted by molar-refractivity contribution is 7.92. The summed E-state index contributed by atoms with van der Waals surface area (Å²) in [4.78, 5) is 12.2. The molecule has 9 nitrogen and oxygen atoms in total. The third-order valence-electron chi connectivity index (χ3n) is 3.75. The van der Waals surface area contributed by atoms with Crippen molar-refractivity contribution in [2.45, 2.75) is 39.8 Å². The Morgan fingerprint density at radius 3 is 2.69 bits per heavy atom. The molecule has 0 saturated carbocycles. The first kappa shape index (κ1) is 19.8. The SMILES string of the molecule is CCCCn1nnnc1COC(=O)CN(c1ccccc1C)S(C)(=O)=O. The van der Waals surface area contributed by atoms with Gasteiger partial charge in [0.2, 0.25) is 10.0 Å². The number of sulfonamides is 1. The number of hydrogen-bond acceptors (Lipinski definition) is 7. The minimum Gasteiger partial charge on any atom is -0.456 e. The second-order valence-electron chi connectivity index (χ2n) is 5.89. The normalized spacial score (nSPS) is 11.3. The maximum absolute atomic E-state index is 12.2. The number of hydrogen-bond donors (Lipinski definition) is 0. The van der Waals surface area contributed by atoms with Crippen LogP contribution in [0.4, 0.5) is 5.69 Å². The monoisotopic (exact) mass is 381 g/mol. The fourth-order valence-corrected chi connectivity index (χ4v) is 3.24. The number of para-hydroxylation sites is 1. The minimum absolute atomic E-state index is 0.110. The van der Waals surface area contributed by atoms with Crippen LogP contribution in [0.5, 0.6) is 0 Å². The largest absolute Gasteiger partial charge is 0.456 e. The number of esters is 1. The van der Waals surface area contributed by atoms with Crippen LogP contribution >= 0.6 is 0 Å². The zero-order valence-corrected chi connectivity index (χ0v) is 15.9. The van der Waals surface area contributed by atoms with E-state index in [0.29, 0.717) is 18.1 Å². The molecule has 0 fully saturated rings. The molecule has 0 atom stereocenters. The predicted octanol–water partition coefficient (Wildman–Crippen LogP) is 1.29. The number of nitrogens with zero attached hydrogens (tertiary/aromatic N) is 5. The Labute approximate surface area is 153 Å². The number of rotatable bonds is 9. The second kappa shape index (κ2) is 8.75. The highest BCUT2D eigenvalue weighted by Gasteiger charge is 2.23. The van der Waals surface area contributed by atoms with E-state index in [1.165, 1.54) is 0 Å². The van der Waals surface area contributed by atoms with E-state index < -0.39 is 22.5 Å². The molecule has 2 rings (SSSR count). The van der Waals surface area contributed by atoms with Crippen molar-refractivity contribution in [1.29, 1.82) is 0 Å². The van der Waals surface area contributed by atoms with Crippen molar-refractivity contribution in [3.63, 3.8) is 0 Å². The highest BCUT2D eigenvalue weighted by Crippen LogP contribution is 2.21. The Kier molecular flexibility index (Phi) is 6.67. The molecule has 0 aliphatic heterocycles. The number of aryl methyl sites for hydroxylation is 2. The van der Waals surface area contributed by atoms with Crippen molar-refractivity contribution in [3.8, 4) is 0 Å². The summed E-state index contributed by atoms with van der Waals surface area (Å²) in [6.45, 7) is 3.94. The van der Waals surface area contributed by atoms with Crippen LogP contribution in [0.25, 0.3) is 0 Å². The Balaban J connectivity index is 2.05. The Morgan fingerprint density at radius 1 is 1.31 bits per heavy atom. The summed E-state index contributed by atoms with van der Waals surface area (Å²) in [5.41, 5.74) is 1.19. The maximum atomic E-state index is 12.2. The lowest BCUT2D eigenvalue weighted by molar-refractivity contribution is -0.143. The summed E-state index contributed by atoms with van der Waals surface area (Å²) < 4.78 is 32.0. The standard InChI is InChI=1S/C16H23N5O4S/c1-4-5-10-20-15(17-18-19-20)12-25-16(22)11-21(26(3,23)24)14-9-7-6-8-13(14)2/h6-9H,4-5,10-12H2,1-3H3. The van der Waals surface area contributed by atoms with Gasteiger partial charge in [-0.05, 0) is 35.4 Å². The molecule has 0 amide bonds. The summed E-state index contributed by atoms with van der Waals surface area (Å²) in [5.74, 6) is -0.252. The van der Waals surface area contributed by atoms with Crippen LogP contribution in [-0.4, -0.2) is 47.4 Å². The van der Waals surface area contributed by atoms with Gasteiger partial charge in [0.15, 0.2) is 12.4 Å². The van der Waals surface area contributed by atoms with Crippen molar-refractivity contribution < 1.29 is 17.9 Å². The first-order valence-electron chi connectivity index (χ1n) is 8.27. The number of aromatic nitrogens is 4. The number of anilines is 1. The molecule has 1 aromatic heterocycles. The molecule has 0 saturated heterocycles. The average Bonchev–Trinajstić information content (AvgIpc) is 3.03. The van der Waals surface area contributed by atoms with Gasteiger partial charge < -0.3 is 4.74 Å². The van der Waals surface area contributed by atoms with Crippen molar-refractivity contribution >= 4 is 21.7 Å². The molecule has 1 heterocycles. The van der Waals surface area contributed by atoms with E-state index in [-0.39, 0.29) is 6.61 Å². The third-order valence-corrected chi connectivity index (χ3v) is 4.88. The molecule has 0 N–H and O–H groups in total. The quantitative estimate of drug-likeness (QED) is 0.602. The van der Waals surface area contributed by atoms with Gasteiger partial charge in [-0.1, -0.05) is 31.5 Å². The summed E-state index contributed by atoms with van der Waals surface area (Å²) in [6.07, 6.45) is 2.94. The van der Waals surface area contributed by atoms with Gasteiger partial charge >= 0.3 is 5.97 Å². The van der Waals surface area contributed by atoms with E-state index in [1.54, 1.807) is 35.9 Å². The molecule has 0 bridgehead atoms. The smallest absolute Gasteiger partial charge is 0.327 e. The van der Waals surface area contributed by atoms with Crippen LogP contribution in [0.15, 0.2) is 24.3 Å². The molecule has 10 heteroatoms. The van der Waals surface area contributed by atoms with Gasteiger partial charge in [0.25, 0.3) is 0 Å². The lowest BCUT2D eigenvalue weighted by Gasteiger charge is -2.23. The summed E-state index contributed by atoms with van der Waals surface area (Å²) >= 11 is 0. The molecule has 0 spiro atoms. The summed E-state index contributed by atoms with van der Waals surface area (Å²) in [7, 11) is -3.64. The summed E-state index contributed by atoms with van der Waals surface area (Å²) in [5, 5.41) is 11.3. The van der Waals surface area contributed by atoms with Crippen molar-refractivity contribution in [2.75, 3.05) is 17.1 Å². The molecule has 142 valence electrons.